The third-order valence-electron chi connectivity index (χ3n) is 4.49. The van der Waals surface area contributed by atoms with Gasteiger partial charge in [0.25, 0.3) is 10.0 Å². The number of pyridine rings is 1. The van der Waals surface area contributed by atoms with Gasteiger partial charge in [-0.3, -0.25) is 0 Å². The third-order valence-corrected chi connectivity index (χ3v) is 6.30. The smallest absolute Gasteiger partial charge is 0.375 e. The Morgan fingerprint density at radius 2 is 1.87 bits per heavy atom. The zero-order valence-electron chi connectivity index (χ0n) is 12.3. The number of alkyl halides is 3. The van der Waals surface area contributed by atoms with Crippen LogP contribution in [0, 0.1) is 0 Å². The predicted octanol–water partition coefficient (Wildman–Crippen LogP) is 2.43. The van der Waals surface area contributed by atoms with Gasteiger partial charge >= 0.3 is 6.18 Å². The summed E-state index contributed by atoms with van der Waals surface area (Å²) in [7, 11) is -3.87. The maximum atomic E-state index is 12.5. The van der Waals surface area contributed by atoms with Gasteiger partial charge in [-0.2, -0.15) is 17.5 Å². The Bertz CT molecular complexity index is 658. The van der Waals surface area contributed by atoms with E-state index >= 15 is 0 Å². The van der Waals surface area contributed by atoms with Gasteiger partial charge in [0.15, 0.2) is 5.03 Å². The molecule has 0 saturated carbocycles. The lowest BCUT2D eigenvalue weighted by atomic mass is 9.90. The summed E-state index contributed by atoms with van der Waals surface area (Å²) >= 11 is 0. The summed E-state index contributed by atoms with van der Waals surface area (Å²) in [4.78, 5) is 3.50. The van der Waals surface area contributed by atoms with E-state index in [1.807, 2.05) is 0 Å². The maximum Gasteiger partial charge on any atom is 0.417 e. The number of nitrogens with zero attached hydrogens (tertiary/aromatic N) is 2. The minimum absolute atomic E-state index is 0.223. The lowest BCUT2D eigenvalue weighted by Crippen LogP contribution is -2.46. The molecule has 0 N–H and O–H groups in total. The Morgan fingerprint density at radius 3 is 2.35 bits per heavy atom. The molecular weight excluding hydrogens is 333 g/mol. The van der Waals surface area contributed by atoms with E-state index in [4.69, 9.17) is 4.74 Å². The van der Waals surface area contributed by atoms with E-state index in [-0.39, 0.29) is 10.6 Å². The fourth-order valence-electron chi connectivity index (χ4n) is 3.12. The van der Waals surface area contributed by atoms with Gasteiger partial charge < -0.3 is 4.74 Å². The van der Waals surface area contributed by atoms with Crippen LogP contribution in [0.15, 0.2) is 23.4 Å². The molecule has 9 heteroatoms. The zero-order chi connectivity index (χ0) is 16.7. The first kappa shape index (κ1) is 16.7. The number of halogens is 3. The molecule has 1 aromatic rings. The van der Waals surface area contributed by atoms with Crippen molar-refractivity contribution in [3.63, 3.8) is 0 Å². The second-order valence-corrected chi connectivity index (χ2v) is 7.81. The zero-order valence-corrected chi connectivity index (χ0v) is 13.2. The molecule has 23 heavy (non-hydrogen) atoms. The Morgan fingerprint density at radius 1 is 1.17 bits per heavy atom. The highest BCUT2D eigenvalue weighted by Gasteiger charge is 2.41. The number of hydrogen-bond acceptors (Lipinski definition) is 4. The van der Waals surface area contributed by atoms with Crippen molar-refractivity contribution in [2.45, 2.75) is 42.5 Å². The number of piperidine rings is 1. The molecule has 0 radical (unpaired) electrons. The topological polar surface area (TPSA) is 59.5 Å². The van der Waals surface area contributed by atoms with Crippen molar-refractivity contribution >= 4 is 10.0 Å². The average Bonchev–Trinajstić information content (AvgIpc) is 2.95. The molecule has 0 atom stereocenters. The fraction of sp³-hybridized carbons (Fsp3) is 0.643. The van der Waals surface area contributed by atoms with E-state index < -0.39 is 21.8 Å². The molecule has 0 amide bonds. The second kappa shape index (κ2) is 5.71. The van der Waals surface area contributed by atoms with Crippen LogP contribution >= 0.6 is 0 Å². The molecule has 1 aromatic heterocycles. The Labute approximate surface area is 132 Å². The van der Waals surface area contributed by atoms with Crippen molar-refractivity contribution in [1.82, 2.24) is 9.29 Å². The van der Waals surface area contributed by atoms with Gasteiger partial charge in [-0.1, -0.05) is 0 Å². The summed E-state index contributed by atoms with van der Waals surface area (Å²) < 4.78 is 69.6. The van der Waals surface area contributed by atoms with Crippen LogP contribution in [-0.2, 0) is 20.9 Å². The molecule has 0 unspecified atom stereocenters. The van der Waals surface area contributed by atoms with Crippen molar-refractivity contribution in [1.29, 1.82) is 0 Å². The lowest BCUT2D eigenvalue weighted by Gasteiger charge is -2.37. The van der Waals surface area contributed by atoms with Crippen LogP contribution < -0.4 is 0 Å². The first-order valence-corrected chi connectivity index (χ1v) is 8.84. The van der Waals surface area contributed by atoms with Gasteiger partial charge in [0.05, 0.1) is 11.2 Å². The number of sulfonamides is 1. The monoisotopic (exact) mass is 350 g/mol. The summed E-state index contributed by atoms with van der Waals surface area (Å²) in [5.74, 6) is 0. The lowest BCUT2D eigenvalue weighted by molar-refractivity contribution is -0.137. The van der Waals surface area contributed by atoms with Crippen LogP contribution in [0.25, 0.3) is 0 Å². The average molecular weight is 350 g/mol. The summed E-state index contributed by atoms with van der Waals surface area (Å²) in [5, 5.41) is -0.353. The number of ether oxygens (including phenoxy) is 1. The van der Waals surface area contributed by atoms with Gasteiger partial charge in [0.2, 0.25) is 0 Å². The molecule has 0 bridgehead atoms. The second-order valence-electron chi connectivity index (χ2n) is 5.92. The highest BCUT2D eigenvalue weighted by atomic mass is 32.2. The maximum absolute atomic E-state index is 12.5. The largest absolute Gasteiger partial charge is 0.417 e. The van der Waals surface area contributed by atoms with E-state index in [0.29, 0.717) is 38.7 Å². The third kappa shape index (κ3) is 3.22. The normalized spacial score (nSPS) is 22.6. The van der Waals surface area contributed by atoms with Crippen LogP contribution in [0.2, 0.25) is 0 Å². The van der Waals surface area contributed by atoms with Gasteiger partial charge in [-0.15, -0.1) is 0 Å². The van der Waals surface area contributed by atoms with E-state index in [1.165, 1.54) is 4.31 Å². The first-order chi connectivity index (χ1) is 10.7. The first-order valence-electron chi connectivity index (χ1n) is 7.40. The molecule has 3 rings (SSSR count). The van der Waals surface area contributed by atoms with Crippen LogP contribution in [-0.4, -0.2) is 43.0 Å². The van der Waals surface area contributed by atoms with Crippen LogP contribution in [0.4, 0.5) is 13.2 Å². The molecule has 5 nitrogen and oxygen atoms in total. The number of hydrogen-bond donors (Lipinski definition) is 0. The molecule has 2 aliphatic heterocycles. The van der Waals surface area contributed by atoms with Gasteiger partial charge in [0.1, 0.15) is 0 Å². The van der Waals surface area contributed by atoms with Crippen LogP contribution in [0.1, 0.15) is 31.2 Å². The van der Waals surface area contributed by atoms with Gasteiger partial charge in [-0.05, 0) is 37.8 Å². The molecule has 128 valence electrons. The van der Waals surface area contributed by atoms with Crippen LogP contribution in [0.3, 0.4) is 0 Å². The number of rotatable bonds is 2. The molecule has 0 aliphatic carbocycles. The SMILES string of the molecule is O=S(=O)(c1ccc(C(F)(F)F)cn1)N1CCC2(CCCO2)CC1. The minimum Gasteiger partial charge on any atom is -0.375 e. The fourth-order valence-corrected chi connectivity index (χ4v) is 4.47. The van der Waals surface area contributed by atoms with Crippen LogP contribution in [0.5, 0.6) is 0 Å². The number of aromatic nitrogens is 1. The molecule has 3 heterocycles. The van der Waals surface area contributed by atoms with Gasteiger partial charge in [-0.25, -0.2) is 13.4 Å². The van der Waals surface area contributed by atoms with E-state index in [0.717, 1.165) is 25.0 Å². The summed E-state index contributed by atoms with van der Waals surface area (Å²) in [6, 6.07) is 1.65. The standard InChI is InChI=1S/C14H17F3N2O3S/c15-14(16,17)11-2-3-12(18-10-11)23(20,21)19-7-5-13(6-8-19)4-1-9-22-13/h2-3,10H,1,4-9H2. The summed E-state index contributed by atoms with van der Waals surface area (Å²) in [5.41, 5.74) is -1.19. The van der Waals surface area contributed by atoms with Crippen molar-refractivity contribution < 1.29 is 26.3 Å². The molecule has 2 saturated heterocycles. The van der Waals surface area contributed by atoms with Crippen molar-refractivity contribution in [3.05, 3.63) is 23.9 Å². The van der Waals surface area contributed by atoms with Gasteiger partial charge in [0, 0.05) is 25.9 Å². The van der Waals surface area contributed by atoms with Crippen molar-refractivity contribution in [2.24, 2.45) is 0 Å². The Kier molecular flexibility index (Phi) is 4.14. The quantitative estimate of drug-likeness (QED) is 0.822. The molecule has 1 spiro atoms. The van der Waals surface area contributed by atoms with Crippen molar-refractivity contribution in [2.75, 3.05) is 19.7 Å². The van der Waals surface area contributed by atoms with E-state index in [1.54, 1.807) is 0 Å². The molecule has 2 aliphatic rings. The molecule has 0 aromatic carbocycles. The van der Waals surface area contributed by atoms with Crippen molar-refractivity contribution in [3.8, 4) is 0 Å². The minimum atomic E-state index is -4.54. The van der Waals surface area contributed by atoms with E-state index in [9.17, 15) is 21.6 Å². The Hall–Kier alpha value is -1.19. The molecule has 2 fully saturated rings. The summed E-state index contributed by atoms with van der Waals surface area (Å²) in [6.45, 7) is 1.29. The Balaban J connectivity index is 1.74. The van der Waals surface area contributed by atoms with E-state index in [2.05, 4.69) is 4.98 Å². The summed E-state index contributed by atoms with van der Waals surface area (Å²) in [6.07, 6.45) is -0.864. The molecular formula is C14H17F3N2O3S. The predicted molar refractivity (Wildman–Crippen MR) is 75.1 cm³/mol. The highest BCUT2D eigenvalue weighted by molar-refractivity contribution is 7.89. The highest BCUT2D eigenvalue weighted by Crippen LogP contribution is 2.37.